The molecule has 0 aromatic heterocycles. The van der Waals surface area contributed by atoms with Crippen LogP contribution in [0.1, 0.15) is 51.3 Å². The van der Waals surface area contributed by atoms with Crippen LogP contribution in [0.2, 0.25) is 0 Å². The van der Waals surface area contributed by atoms with Crippen molar-refractivity contribution in [2.75, 3.05) is 6.61 Å². The molecule has 0 saturated heterocycles. The van der Waals surface area contributed by atoms with Crippen molar-refractivity contribution in [2.45, 2.75) is 52.7 Å². The van der Waals surface area contributed by atoms with Crippen molar-refractivity contribution in [2.24, 2.45) is 0 Å². The van der Waals surface area contributed by atoms with Gasteiger partial charge in [0.1, 0.15) is 5.60 Å². The lowest BCUT2D eigenvalue weighted by atomic mass is 10.0. The molecule has 6 heteroatoms. The van der Waals surface area contributed by atoms with Gasteiger partial charge in [-0.05, 0) is 51.8 Å². The van der Waals surface area contributed by atoms with E-state index in [-0.39, 0.29) is 12.4 Å². The fourth-order valence-electron chi connectivity index (χ4n) is 1.99. The SMILES string of the molecule is CCOC(=O)CC(NC(=O)OC(C)(C)C)c1ccc(C)cc1Br. The first-order valence-corrected chi connectivity index (χ1v) is 8.33. The van der Waals surface area contributed by atoms with Gasteiger partial charge in [0.05, 0.1) is 19.1 Å². The third-order valence-electron chi connectivity index (χ3n) is 2.90. The molecule has 0 bridgehead atoms. The quantitative estimate of drug-likeness (QED) is 0.768. The highest BCUT2D eigenvalue weighted by atomic mass is 79.9. The highest BCUT2D eigenvalue weighted by molar-refractivity contribution is 9.10. The Morgan fingerprint density at radius 1 is 1.30 bits per heavy atom. The second-order valence-electron chi connectivity index (χ2n) is 6.23. The van der Waals surface area contributed by atoms with E-state index >= 15 is 0 Å². The lowest BCUT2D eigenvalue weighted by Gasteiger charge is -2.24. The number of alkyl carbamates (subject to hydrolysis) is 1. The average Bonchev–Trinajstić information content (AvgIpc) is 2.35. The molecule has 0 saturated carbocycles. The van der Waals surface area contributed by atoms with Crippen LogP contribution in [0.4, 0.5) is 4.79 Å². The van der Waals surface area contributed by atoms with Crippen LogP contribution in [-0.4, -0.2) is 24.3 Å². The third kappa shape index (κ3) is 7.03. The minimum Gasteiger partial charge on any atom is -0.466 e. The van der Waals surface area contributed by atoms with Crippen LogP contribution in [0.25, 0.3) is 0 Å². The zero-order valence-electron chi connectivity index (χ0n) is 14.2. The number of amides is 1. The number of benzene rings is 1. The van der Waals surface area contributed by atoms with Gasteiger partial charge in [0.25, 0.3) is 0 Å². The van der Waals surface area contributed by atoms with Crippen LogP contribution in [-0.2, 0) is 14.3 Å². The normalized spacial score (nSPS) is 12.4. The molecule has 0 aliphatic heterocycles. The van der Waals surface area contributed by atoms with Gasteiger partial charge in [0.15, 0.2) is 0 Å². The second-order valence-corrected chi connectivity index (χ2v) is 7.09. The lowest BCUT2D eigenvalue weighted by molar-refractivity contribution is -0.143. The molecule has 1 unspecified atom stereocenters. The maximum atomic E-state index is 12.1. The molecule has 5 nitrogen and oxygen atoms in total. The summed E-state index contributed by atoms with van der Waals surface area (Å²) in [6, 6.07) is 5.21. The van der Waals surface area contributed by atoms with Gasteiger partial charge in [-0.1, -0.05) is 28.1 Å². The molecule has 1 amide bonds. The highest BCUT2D eigenvalue weighted by Gasteiger charge is 2.24. The molecule has 0 aliphatic rings. The van der Waals surface area contributed by atoms with E-state index in [1.165, 1.54) is 0 Å². The van der Waals surface area contributed by atoms with Gasteiger partial charge in [0, 0.05) is 4.47 Å². The van der Waals surface area contributed by atoms with Crippen LogP contribution in [0, 0.1) is 6.92 Å². The van der Waals surface area contributed by atoms with E-state index in [2.05, 4.69) is 21.2 Å². The minimum atomic E-state index is -0.608. The van der Waals surface area contributed by atoms with Gasteiger partial charge in [-0.15, -0.1) is 0 Å². The number of rotatable bonds is 5. The fourth-order valence-corrected chi connectivity index (χ4v) is 2.76. The fraction of sp³-hybridized carbons (Fsp3) is 0.529. The van der Waals surface area contributed by atoms with E-state index in [0.29, 0.717) is 6.61 Å². The average molecular weight is 386 g/mol. The van der Waals surface area contributed by atoms with Crippen molar-refractivity contribution in [3.8, 4) is 0 Å². The monoisotopic (exact) mass is 385 g/mol. The van der Waals surface area contributed by atoms with Crippen LogP contribution in [0.5, 0.6) is 0 Å². The van der Waals surface area contributed by atoms with Gasteiger partial charge in [0.2, 0.25) is 0 Å². The number of hydrogen-bond acceptors (Lipinski definition) is 4. The molecule has 1 aromatic carbocycles. The maximum absolute atomic E-state index is 12.1. The van der Waals surface area contributed by atoms with Crippen molar-refractivity contribution in [3.63, 3.8) is 0 Å². The first-order chi connectivity index (χ1) is 10.6. The zero-order valence-corrected chi connectivity index (χ0v) is 15.8. The maximum Gasteiger partial charge on any atom is 0.408 e. The molecule has 1 N–H and O–H groups in total. The molecule has 0 aliphatic carbocycles. The summed E-state index contributed by atoms with van der Waals surface area (Å²) in [4.78, 5) is 23.9. The Balaban J connectivity index is 2.97. The Labute approximate surface area is 145 Å². The first kappa shape index (κ1) is 19.5. The molecule has 0 heterocycles. The van der Waals surface area contributed by atoms with E-state index in [1.807, 2.05) is 25.1 Å². The molecule has 23 heavy (non-hydrogen) atoms. The summed E-state index contributed by atoms with van der Waals surface area (Å²) in [5, 5.41) is 2.75. The number of aryl methyl sites for hydroxylation is 1. The van der Waals surface area contributed by atoms with Crippen molar-refractivity contribution in [3.05, 3.63) is 33.8 Å². The molecule has 1 rings (SSSR count). The van der Waals surface area contributed by atoms with Crippen LogP contribution >= 0.6 is 15.9 Å². The largest absolute Gasteiger partial charge is 0.466 e. The van der Waals surface area contributed by atoms with Gasteiger partial charge in [-0.3, -0.25) is 4.79 Å². The highest BCUT2D eigenvalue weighted by Crippen LogP contribution is 2.27. The first-order valence-electron chi connectivity index (χ1n) is 7.53. The van der Waals surface area contributed by atoms with Crippen molar-refractivity contribution < 1.29 is 19.1 Å². The Bertz CT molecular complexity index is 566. The van der Waals surface area contributed by atoms with Gasteiger partial charge in [-0.25, -0.2) is 4.79 Å². The second kappa shape index (κ2) is 8.34. The summed E-state index contributed by atoms with van der Waals surface area (Å²) < 4.78 is 11.1. The molecule has 0 spiro atoms. The molecule has 1 atom stereocenters. The Kier molecular flexibility index (Phi) is 7.06. The number of halogens is 1. The van der Waals surface area contributed by atoms with Gasteiger partial charge < -0.3 is 14.8 Å². The van der Waals surface area contributed by atoms with Crippen LogP contribution in [0.15, 0.2) is 22.7 Å². The summed E-state index contributed by atoms with van der Waals surface area (Å²) >= 11 is 3.48. The standard InChI is InChI=1S/C17H24BrNO4/c1-6-22-15(20)10-14(19-16(21)23-17(3,4)5)12-8-7-11(2)9-13(12)18/h7-9,14H,6,10H2,1-5H3,(H,19,21). The number of carbonyl (C=O) groups excluding carboxylic acids is 2. The molecule has 128 valence electrons. The Morgan fingerprint density at radius 2 is 1.96 bits per heavy atom. The van der Waals surface area contributed by atoms with E-state index in [1.54, 1.807) is 27.7 Å². The van der Waals surface area contributed by atoms with Crippen molar-refractivity contribution in [1.82, 2.24) is 5.32 Å². The molecule has 0 fully saturated rings. The Hall–Kier alpha value is -1.56. The zero-order chi connectivity index (χ0) is 17.6. The van der Waals surface area contributed by atoms with E-state index in [4.69, 9.17) is 9.47 Å². The number of carbonyl (C=O) groups is 2. The van der Waals surface area contributed by atoms with Crippen molar-refractivity contribution >= 4 is 28.0 Å². The number of hydrogen-bond donors (Lipinski definition) is 1. The lowest BCUT2D eigenvalue weighted by Crippen LogP contribution is -2.36. The molecular weight excluding hydrogens is 362 g/mol. The predicted octanol–water partition coefficient (Wildman–Crippen LogP) is 4.28. The van der Waals surface area contributed by atoms with Crippen molar-refractivity contribution in [1.29, 1.82) is 0 Å². The molecule has 1 aromatic rings. The molecule has 0 radical (unpaired) electrons. The van der Waals surface area contributed by atoms with E-state index < -0.39 is 17.7 Å². The summed E-state index contributed by atoms with van der Waals surface area (Å²) in [6.45, 7) is 9.37. The summed E-state index contributed by atoms with van der Waals surface area (Å²) in [5.74, 6) is -0.374. The molecular formula is C17H24BrNO4. The summed E-state index contributed by atoms with van der Waals surface area (Å²) in [7, 11) is 0. The predicted molar refractivity (Wildman–Crippen MR) is 92.2 cm³/mol. The van der Waals surface area contributed by atoms with E-state index in [0.717, 1.165) is 15.6 Å². The van der Waals surface area contributed by atoms with Gasteiger partial charge in [-0.2, -0.15) is 0 Å². The number of nitrogens with one attached hydrogen (secondary N) is 1. The summed E-state index contributed by atoms with van der Waals surface area (Å²) in [5.41, 5.74) is 1.27. The smallest absolute Gasteiger partial charge is 0.408 e. The minimum absolute atomic E-state index is 0.0365. The Morgan fingerprint density at radius 3 is 2.48 bits per heavy atom. The third-order valence-corrected chi connectivity index (χ3v) is 3.59. The van der Waals surface area contributed by atoms with E-state index in [9.17, 15) is 9.59 Å². The topological polar surface area (TPSA) is 64.6 Å². The van der Waals surface area contributed by atoms with Crippen LogP contribution in [0.3, 0.4) is 0 Å². The number of esters is 1. The summed E-state index contributed by atoms with van der Waals surface area (Å²) in [6.07, 6.45) is -0.534. The van der Waals surface area contributed by atoms with Gasteiger partial charge >= 0.3 is 12.1 Å². The number of ether oxygens (including phenoxy) is 2. The van der Waals surface area contributed by atoms with Crippen LogP contribution < -0.4 is 5.32 Å².